The maximum Gasteiger partial charge on any atom is 0.165 e. The zero-order chi connectivity index (χ0) is 15.4. The number of ketones is 1. The highest BCUT2D eigenvalue weighted by Gasteiger charge is 2.34. The molecule has 0 aliphatic heterocycles. The lowest BCUT2D eigenvalue weighted by Gasteiger charge is -2.30. The summed E-state index contributed by atoms with van der Waals surface area (Å²) in [5.41, 5.74) is 6.99. The van der Waals surface area contributed by atoms with Gasteiger partial charge in [0.15, 0.2) is 5.78 Å². The normalized spacial score (nSPS) is 16.9. The smallest absolute Gasteiger partial charge is 0.165 e. The highest BCUT2D eigenvalue weighted by molar-refractivity contribution is 5.99. The highest BCUT2D eigenvalue weighted by atomic mass is 16.1. The number of aryl methyl sites for hydroxylation is 3. The summed E-state index contributed by atoms with van der Waals surface area (Å²) in [5, 5.41) is 0. The Morgan fingerprint density at radius 1 is 0.952 bits per heavy atom. The number of hydrogen-bond donors (Lipinski definition) is 0. The summed E-state index contributed by atoms with van der Waals surface area (Å²) in [6, 6.07) is 8.65. The van der Waals surface area contributed by atoms with E-state index in [2.05, 4.69) is 63.5 Å². The first-order valence-electron chi connectivity index (χ1n) is 7.60. The zero-order valence-electron chi connectivity index (χ0n) is 13.6. The fourth-order valence-corrected chi connectivity index (χ4v) is 3.59. The van der Waals surface area contributed by atoms with Gasteiger partial charge in [-0.1, -0.05) is 19.9 Å². The third-order valence-corrected chi connectivity index (χ3v) is 4.34. The van der Waals surface area contributed by atoms with E-state index in [0.29, 0.717) is 6.42 Å². The van der Waals surface area contributed by atoms with Crippen molar-refractivity contribution < 1.29 is 4.79 Å². The molecule has 1 aliphatic carbocycles. The van der Waals surface area contributed by atoms with Gasteiger partial charge in [-0.15, -0.1) is 0 Å². The van der Waals surface area contributed by atoms with Gasteiger partial charge in [-0.25, -0.2) is 0 Å². The second kappa shape index (κ2) is 4.59. The highest BCUT2D eigenvalue weighted by Crippen LogP contribution is 2.37. The molecule has 0 spiro atoms. The quantitative estimate of drug-likeness (QED) is 0.751. The predicted octanol–water partition coefficient (Wildman–Crippen LogP) is 4.56. The molecule has 1 aromatic heterocycles. The van der Waals surface area contributed by atoms with E-state index in [4.69, 9.17) is 0 Å². The molecule has 0 amide bonds. The van der Waals surface area contributed by atoms with Crippen molar-refractivity contribution in [1.29, 1.82) is 0 Å². The van der Waals surface area contributed by atoms with Crippen molar-refractivity contribution in [1.82, 2.24) is 4.57 Å². The molecule has 0 unspecified atom stereocenters. The summed E-state index contributed by atoms with van der Waals surface area (Å²) in [7, 11) is 0. The minimum Gasteiger partial charge on any atom is -0.317 e. The van der Waals surface area contributed by atoms with Crippen LogP contribution in [0.25, 0.3) is 5.69 Å². The van der Waals surface area contributed by atoms with Crippen LogP contribution in [0.1, 0.15) is 53.1 Å². The molecule has 0 radical (unpaired) electrons. The van der Waals surface area contributed by atoms with Crippen LogP contribution >= 0.6 is 0 Å². The van der Waals surface area contributed by atoms with Crippen LogP contribution in [-0.2, 0) is 6.42 Å². The first-order chi connectivity index (χ1) is 9.77. The Kier molecular flexibility index (Phi) is 3.09. The Hall–Kier alpha value is -1.83. The lowest BCUT2D eigenvalue weighted by atomic mass is 9.76. The lowest BCUT2D eigenvalue weighted by molar-refractivity contribution is 0.0911. The molecule has 1 heterocycles. The number of hydrogen-bond acceptors (Lipinski definition) is 1. The van der Waals surface area contributed by atoms with Crippen LogP contribution in [0.15, 0.2) is 24.3 Å². The minimum absolute atomic E-state index is 0.0471. The van der Waals surface area contributed by atoms with E-state index < -0.39 is 0 Å². The van der Waals surface area contributed by atoms with Crippen molar-refractivity contribution in [3.05, 3.63) is 52.3 Å². The van der Waals surface area contributed by atoms with Gasteiger partial charge in [0, 0.05) is 29.1 Å². The topological polar surface area (TPSA) is 22.0 Å². The molecule has 2 heteroatoms. The second-order valence-corrected chi connectivity index (χ2v) is 7.27. The minimum atomic E-state index is 0.0471. The number of carbonyl (C=O) groups excluding carboxylic acids is 1. The summed E-state index contributed by atoms with van der Waals surface area (Å²) in [6.45, 7) is 10.7. The molecule has 0 saturated heterocycles. The van der Waals surface area contributed by atoms with Crippen LogP contribution in [0.3, 0.4) is 0 Å². The number of aromatic nitrogens is 1. The number of fused-ring (bicyclic) bond motifs is 1. The van der Waals surface area contributed by atoms with Gasteiger partial charge in [-0.2, -0.15) is 0 Å². The van der Waals surface area contributed by atoms with E-state index in [9.17, 15) is 4.79 Å². The Morgan fingerprint density at radius 3 is 2.19 bits per heavy atom. The number of nitrogens with zero attached hydrogens (tertiary/aromatic N) is 1. The van der Waals surface area contributed by atoms with E-state index in [1.54, 1.807) is 0 Å². The molecule has 21 heavy (non-hydrogen) atoms. The number of benzene rings is 1. The SMILES string of the molecule is Cc1cc(C)cc(-n2c(C)cc3c2CC(C)(C)CC3=O)c1. The summed E-state index contributed by atoms with van der Waals surface area (Å²) < 4.78 is 2.27. The number of rotatable bonds is 1. The molecular weight excluding hydrogens is 258 g/mol. The number of Topliss-reactive ketones (excluding diaryl/α,β-unsaturated/α-hetero) is 1. The lowest BCUT2D eigenvalue weighted by Crippen LogP contribution is -2.27. The first kappa shape index (κ1) is 14.1. The van der Waals surface area contributed by atoms with Crippen LogP contribution in [0, 0.1) is 26.2 Å². The Bertz CT molecular complexity index is 714. The molecule has 2 nitrogen and oxygen atoms in total. The van der Waals surface area contributed by atoms with E-state index >= 15 is 0 Å². The van der Waals surface area contributed by atoms with Crippen molar-refractivity contribution in [2.24, 2.45) is 5.41 Å². The monoisotopic (exact) mass is 281 g/mol. The number of carbonyl (C=O) groups is 1. The molecule has 0 atom stereocenters. The Morgan fingerprint density at radius 2 is 1.57 bits per heavy atom. The van der Waals surface area contributed by atoms with E-state index in [1.807, 2.05) is 0 Å². The van der Waals surface area contributed by atoms with Gasteiger partial charge in [0.25, 0.3) is 0 Å². The van der Waals surface area contributed by atoms with Gasteiger partial charge in [0.1, 0.15) is 0 Å². The molecule has 2 aromatic rings. The molecule has 0 fully saturated rings. The van der Waals surface area contributed by atoms with Crippen molar-refractivity contribution in [2.45, 2.75) is 47.5 Å². The van der Waals surface area contributed by atoms with Crippen LogP contribution < -0.4 is 0 Å². The second-order valence-electron chi connectivity index (χ2n) is 7.27. The van der Waals surface area contributed by atoms with Gasteiger partial charge in [0.05, 0.1) is 0 Å². The fourth-order valence-electron chi connectivity index (χ4n) is 3.59. The van der Waals surface area contributed by atoms with Crippen LogP contribution in [0.2, 0.25) is 0 Å². The van der Waals surface area contributed by atoms with Crippen molar-refractivity contribution >= 4 is 5.78 Å². The fraction of sp³-hybridized carbons (Fsp3) is 0.421. The third-order valence-electron chi connectivity index (χ3n) is 4.34. The van der Waals surface area contributed by atoms with E-state index in [-0.39, 0.29) is 11.2 Å². The van der Waals surface area contributed by atoms with Crippen molar-refractivity contribution in [2.75, 3.05) is 0 Å². The third kappa shape index (κ3) is 2.44. The van der Waals surface area contributed by atoms with Gasteiger partial charge in [-0.05, 0) is 61.9 Å². The summed E-state index contributed by atoms with van der Waals surface area (Å²) in [5.74, 6) is 0.285. The molecule has 0 N–H and O–H groups in total. The molecule has 110 valence electrons. The largest absolute Gasteiger partial charge is 0.317 e. The summed E-state index contributed by atoms with van der Waals surface area (Å²) in [4.78, 5) is 12.4. The van der Waals surface area contributed by atoms with Gasteiger partial charge < -0.3 is 4.57 Å². The van der Waals surface area contributed by atoms with Gasteiger partial charge in [0.2, 0.25) is 0 Å². The average Bonchev–Trinajstić information content (AvgIpc) is 2.63. The molecule has 1 aromatic carbocycles. The van der Waals surface area contributed by atoms with E-state index in [1.165, 1.54) is 22.5 Å². The Balaban J connectivity index is 2.23. The van der Waals surface area contributed by atoms with Crippen molar-refractivity contribution in [3.8, 4) is 5.69 Å². The first-order valence-corrected chi connectivity index (χ1v) is 7.60. The maximum absolute atomic E-state index is 12.4. The van der Waals surface area contributed by atoms with Crippen LogP contribution in [0.4, 0.5) is 0 Å². The molecular formula is C19H23NO. The summed E-state index contributed by atoms with van der Waals surface area (Å²) in [6.07, 6.45) is 1.60. The van der Waals surface area contributed by atoms with E-state index in [0.717, 1.165) is 17.7 Å². The predicted molar refractivity (Wildman–Crippen MR) is 86.4 cm³/mol. The summed E-state index contributed by atoms with van der Waals surface area (Å²) >= 11 is 0. The van der Waals surface area contributed by atoms with Gasteiger partial charge >= 0.3 is 0 Å². The average molecular weight is 281 g/mol. The Labute approximate surface area is 126 Å². The molecule has 1 aliphatic rings. The maximum atomic E-state index is 12.4. The zero-order valence-corrected chi connectivity index (χ0v) is 13.6. The standard InChI is InChI=1S/C19H23NO/c1-12-6-13(2)8-15(7-12)20-14(3)9-16-17(20)10-19(4,5)11-18(16)21/h6-9H,10-11H2,1-5H3. The van der Waals surface area contributed by atoms with Crippen LogP contribution in [-0.4, -0.2) is 10.4 Å². The van der Waals surface area contributed by atoms with Gasteiger partial charge in [-0.3, -0.25) is 4.79 Å². The molecule has 0 saturated carbocycles. The van der Waals surface area contributed by atoms with Crippen molar-refractivity contribution in [3.63, 3.8) is 0 Å². The molecule has 3 rings (SSSR count). The molecule has 0 bridgehead atoms. The van der Waals surface area contributed by atoms with Crippen LogP contribution in [0.5, 0.6) is 0 Å².